The third-order valence-corrected chi connectivity index (χ3v) is 4.13. The van der Waals surface area contributed by atoms with E-state index in [1.54, 1.807) is 19.2 Å². The van der Waals surface area contributed by atoms with Crippen molar-refractivity contribution in [2.45, 2.75) is 25.9 Å². The Morgan fingerprint density at radius 3 is 2.70 bits per heavy atom. The van der Waals surface area contributed by atoms with Crippen LogP contribution in [0.2, 0.25) is 0 Å². The summed E-state index contributed by atoms with van der Waals surface area (Å²) in [5, 5.41) is 4.98. The van der Waals surface area contributed by atoms with Crippen molar-refractivity contribution in [3.8, 4) is 0 Å². The predicted octanol–water partition coefficient (Wildman–Crippen LogP) is 1.81. The van der Waals surface area contributed by atoms with E-state index in [0.29, 0.717) is 11.6 Å². The number of nitrogens with one attached hydrogen (secondary N) is 1. The molecule has 0 fully saturated rings. The molecule has 1 amide bonds. The van der Waals surface area contributed by atoms with Gasteiger partial charge in [0.05, 0.1) is 13.2 Å². The summed E-state index contributed by atoms with van der Waals surface area (Å²) in [6.45, 7) is 3.90. The van der Waals surface area contributed by atoms with Crippen molar-refractivity contribution >= 4 is 23.2 Å². The molecule has 7 heteroatoms. The molecule has 0 aliphatic heterocycles. The minimum Gasteiger partial charge on any atom is -0.461 e. The molecule has 0 saturated carbocycles. The summed E-state index contributed by atoms with van der Waals surface area (Å²) in [5.74, 6) is -0.772. The maximum absolute atomic E-state index is 12.3. The van der Waals surface area contributed by atoms with Crippen LogP contribution in [0.4, 0.5) is 0 Å². The highest BCUT2D eigenvalue weighted by Crippen LogP contribution is 2.18. The molecule has 6 nitrogen and oxygen atoms in total. The van der Waals surface area contributed by atoms with Gasteiger partial charge in [0, 0.05) is 5.38 Å². The molecule has 23 heavy (non-hydrogen) atoms. The Morgan fingerprint density at radius 2 is 2.04 bits per heavy atom. The summed E-state index contributed by atoms with van der Waals surface area (Å²) < 4.78 is 4.88. The summed E-state index contributed by atoms with van der Waals surface area (Å²) in [6.07, 6.45) is 0. The van der Waals surface area contributed by atoms with Crippen LogP contribution in [0.1, 0.15) is 34.9 Å². The number of thiazole rings is 1. The zero-order valence-electron chi connectivity index (χ0n) is 13.0. The average molecular weight is 333 g/mol. The molecule has 0 bridgehead atoms. The Balaban J connectivity index is 1.98. The molecule has 0 aliphatic rings. The first-order chi connectivity index (χ1) is 10.9. The first-order valence-electron chi connectivity index (χ1n) is 7.19. The molecule has 1 atom stereocenters. The minimum absolute atomic E-state index is 0.211. The van der Waals surface area contributed by atoms with Crippen LogP contribution in [0.5, 0.6) is 0 Å². The SMILES string of the molecule is CCOC(=O)c1csc(CNC(=O)C(C)(N)c2ccccc2)n1. The second kappa shape index (κ2) is 7.34. The number of carbonyl (C=O) groups is 2. The van der Waals surface area contributed by atoms with Crippen LogP contribution >= 0.6 is 11.3 Å². The normalized spacial score (nSPS) is 13.2. The van der Waals surface area contributed by atoms with Gasteiger partial charge in [-0.1, -0.05) is 30.3 Å². The fourth-order valence-corrected chi connectivity index (χ4v) is 2.65. The molecule has 1 aromatic heterocycles. The number of hydrogen-bond acceptors (Lipinski definition) is 6. The maximum Gasteiger partial charge on any atom is 0.357 e. The van der Waals surface area contributed by atoms with E-state index in [4.69, 9.17) is 10.5 Å². The molecule has 0 radical (unpaired) electrons. The molecule has 0 saturated heterocycles. The van der Waals surface area contributed by atoms with Gasteiger partial charge in [-0.15, -0.1) is 11.3 Å². The van der Waals surface area contributed by atoms with Crippen molar-refractivity contribution in [1.82, 2.24) is 10.3 Å². The smallest absolute Gasteiger partial charge is 0.357 e. The molecule has 2 aromatic rings. The maximum atomic E-state index is 12.3. The number of nitrogens with zero attached hydrogens (tertiary/aromatic N) is 1. The number of rotatable bonds is 6. The van der Waals surface area contributed by atoms with Crippen molar-refractivity contribution in [1.29, 1.82) is 0 Å². The second-order valence-electron chi connectivity index (χ2n) is 5.10. The highest BCUT2D eigenvalue weighted by molar-refractivity contribution is 7.09. The van der Waals surface area contributed by atoms with Crippen LogP contribution in [0, 0.1) is 0 Å². The predicted molar refractivity (Wildman–Crippen MR) is 87.9 cm³/mol. The van der Waals surface area contributed by atoms with Crippen molar-refractivity contribution in [3.05, 3.63) is 52.0 Å². The van der Waals surface area contributed by atoms with Crippen molar-refractivity contribution in [2.24, 2.45) is 5.73 Å². The van der Waals surface area contributed by atoms with Crippen LogP contribution in [0.3, 0.4) is 0 Å². The van der Waals surface area contributed by atoms with Gasteiger partial charge in [0.1, 0.15) is 10.5 Å². The number of nitrogens with two attached hydrogens (primary N) is 1. The summed E-state index contributed by atoms with van der Waals surface area (Å²) >= 11 is 1.28. The van der Waals surface area contributed by atoms with Gasteiger partial charge in [-0.2, -0.15) is 0 Å². The van der Waals surface area contributed by atoms with E-state index in [9.17, 15) is 9.59 Å². The van der Waals surface area contributed by atoms with Crippen LogP contribution in [-0.4, -0.2) is 23.5 Å². The van der Waals surface area contributed by atoms with E-state index in [0.717, 1.165) is 5.56 Å². The molecule has 0 aliphatic carbocycles. The fourth-order valence-electron chi connectivity index (χ4n) is 1.95. The van der Waals surface area contributed by atoms with E-state index in [1.165, 1.54) is 11.3 Å². The number of aromatic nitrogens is 1. The number of hydrogen-bond donors (Lipinski definition) is 2. The Morgan fingerprint density at radius 1 is 1.35 bits per heavy atom. The molecular weight excluding hydrogens is 314 g/mol. The average Bonchev–Trinajstić information content (AvgIpc) is 3.02. The lowest BCUT2D eigenvalue weighted by Gasteiger charge is -2.23. The quantitative estimate of drug-likeness (QED) is 0.786. The minimum atomic E-state index is -1.14. The topological polar surface area (TPSA) is 94.3 Å². The van der Waals surface area contributed by atoms with Crippen LogP contribution in [0.25, 0.3) is 0 Å². The van der Waals surface area contributed by atoms with Gasteiger partial charge in [0.2, 0.25) is 5.91 Å². The van der Waals surface area contributed by atoms with Gasteiger partial charge < -0.3 is 15.8 Å². The lowest BCUT2D eigenvalue weighted by molar-refractivity contribution is -0.126. The fraction of sp³-hybridized carbons (Fsp3) is 0.312. The van der Waals surface area contributed by atoms with E-state index in [2.05, 4.69) is 10.3 Å². The molecule has 3 N–H and O–H groups in total. The van der Waals surface area contributed by atoms with E-state index >= 15 is 0 Å². The lowest BCUT2D eigenvalue weighted by Crippen LogP contribution is -2.48. The van der Waals surface area contributed by atoms with Crippen LogP contribution < -0.4 is 11.1 Å². The largest absolute Gasteiger partial charge is 0.461 e. The number of amides is 1. The Bertz CT molecular complexity index is 683. The third kappa shape index (κ3) is 4.14. The van der Waals surface area contributed by atoms with Crippen molar-refractivity contribution in [3.63, 3.8) is 0 Å². The van der Waals surface area contributed by atoms with Gasteiger partial charge in [0.25, 0.3) is 0 Å². The van der Waals surface area contributed by atoms with E-state index in [1.807, 2.05) is 30.3 Å². The van der Waals surface area contributed by atoms with Gasteiger partial charge in [-0.25, -0.2) is 9.78 Å². The van der Waals surface area contributed by atoms with Crippen LogP contribution in [0.15, 0.2) is 35.7 Å². The zero-order chi connectivity index (χ0) is 16.9. The van der Waals surface area contributed by atoms with Gasteiger partial charge >= 0.3 is 5.97 Å². The van der Waals surface area contributed by atoms with E-state index < -0.39 is 11.5 Å². The molecular formula is C16H19N3O3S. The van der Waals surface area contributed by atoms with Crippen molar-refractivity contribution < 1.29 is 14.3 Å². The molecule has 1 unspecified atom stereocenters. The summed E-state index contributed by atoms with van der Waals surface area (Å²) in [4.78, 5) is 28.0. The monoisotopic (exact) mass is 333 g/mol. The number of carbonyl (C=O) groups excluding carboxylic acids is 2. The highest BCUT2D eigenvalue weighted by Gasteiger charge is 2.30. The summed E-state index contributed by atoms with van der Waals surface area (Å²) in [5.41, 5.74) is 5.97. The molecule has 1 heterocycles. The van der Waals surface area contributed by atoms with Gasteiger partial charge in [-0.05, 0) is 19.4 Å². The first kappa shape index (κ1) is 17.1. The lowest BCUT2D eigenvalue weighted by atomic mass is 9.92. The number of benzene rings is 1. The highest BCUT2D eigenvalue weighted by atomic mass is 32.1. The Hall–Kier alpha value is -2.25. The molecule has 0 spiro atoms. The third-order valence-electron chi connectivity index (χ3n) is 3.28. The van der Waals surface area contributed by atoms with E-state index in [-0.39, 0.29) is 18.1 Å². The van der Waals surface area contributed by atoms with Gasteiger partial charge in [-0.3, -0.25) is 4.79 Å². The Labute approximate surface area is 138 Å². The summed E-state index contributed by atoms with van der Waals surface area (Å²) in [7, 11) is 0. The molecule has 122 valence electrons. The summed E-state index contributed by atoms with van der Waals surface area (Å²) in [6, 6.07) is 9.15. The second-order valence-corrected chi connectivity index (χ2v) is 6.04. The number of ether oxygens (including phenoxy) is 1. The number of esters is 1. The first-order valence-corrected chi connectivity index (χ1v) is 8.07. The van der Waals surface area contributed by atoms with Crippen molar-refractivity contribution in [2.75, 3.05) is 6.61 Å². The zero-order valence-corrected chi connectivity index (χ0v) is 13.9. The molecule has 1 aromatic carbocycles. The van der Waals surface area contributed by atoms with Gasteiger partial charge in [0.15, 0.2) is 5.69 Å². The van der Waals surface area contributed by atoms with Crippen LogP contribution in [-0.2, 0) is 21.6 Å². The standard InChI is InChI=1S/C16H19N3O3S/c1-3-22-14(20)12-10-23-13(19-12)9-18-15(21)16(2,17)11-7-5-4-6-8-11/h4-8,10H,3,9,17H2,1-2H3,(H,18,21). The Kier molecular flexibility index (Phi) is 5.46. The molecule has 2 rings (SSSR count).